The summed E-state index contributed by atoms with van der Waals surface area (Å²) in [7, 11) is -3.20. The lowest BCUT2D eigenvalue weighted by atomic mass is 10.1. The van der Waals surface area contributed by atoms with Crippen molar-refractivity contribution in [2.24, 2.45) is 0 Å². The van der Waals surface area contributed by atoms with Gasteiger partial charge in [-0.05, 0) is 55.4 Å². The van der Waals surface area contributed by atoms with E-state index >= 15 is 0 Å². The van der Waals surface area contributed by atoms with E-state index in [0.717, 1.165) is 24.8 Å². The number of carbonyl (C=O) groups excluding carboxylic acids is 1. The van der Waals surface area contributed by atoms with Crippen molar-refractivity contribution in [2.45, 2.75) is 45.4 Å². The zero-order chi connectivity index (χ0) is 17.9. The van der Waals surface area contributed by atoms with Crippen molar-refractivity contribution < 1.29 is 13.2 Å². The minimum absolute atomic E-state index is 0.0301. The van der Waals surface area contributed by atoms with Gasteiger partial charge >= 0.3 is 0 Å². The quantitative estimate of drug-likeness (QED) is 0.806. The summed E-state index contributed by atoms with van der Waals surface area (Å²) in [5.41, 5.74) is 3.40. The first kappa shape index (κ1) is 18.4. The van der Waals surface area contributed by atoms with E-state index in [0.29, 0.717) is 39.0 Å². The highest BCUT2D eigenvalue weighted by molar-refractivity contribution is 7.89. The molecule has 1 aromatic carbocycles. The van der Waals surface area contributed by atoms with Gasteiger partial charge in [-0.1, -0.05) is 19.4 Å². The Labute approximate surface area is 151 Å². The summed E-state index contributed by atoms with van der Waals surface area (Å²) in [5.74, 6) is 0.241. The summed E-state index contributed by atoms with van der Waals surface area (Å²) in [4.78, 5) is 14.7. The number of nitrogens with zero attached hydrogens (tertiary/aromatic N) is 2. The van der Waals surface area contributed by atoms with E-state index in [-0.39, 0.29) is 11.7 Å². The summed E-state index contributed by atoms with van der Waals surface area (Å²) in [6.45, 7) is 4.01. The Morgan fingerprint density at radius 3 is 2.64 bits per heavy atom. The van der Waals surface area contributed by atoms with Crippen molar-refractivity contribution in [3.8, 4) is 0 Å². The Hall–Kier alpha value is -1.40. The lowest BCUT2D eigenvalue weighted by molar-refractivity contribution is 0.0764. The summed E-state index contributed by atoms with van der Waals surface area (Å²) in [5, 5.41) is 0. The van der Waals surface area contributed by atoms with Gasteiger partial charge in [0.1, 0.15) is 0 Å². The molecule has 0 radical (unpaired) electrons. The van der Waals surface area contributed by atoms with E-state index < -0.39 is 10.0 Å². The molecule has 1 fully saturated rings. The van der Waals surface area contributed by atoms with Crippen LogP contribution in [0.2, 0.25) is 0 Å². The largest absolute Gasteiger partial charge is 0.337 e. The van der Waals surface area contributed by atoms with Gasteiger partial charge in [0.05, 0.1) is 5.75 Å². The van der Waals surface area contributed by atoms with Gasteiger partial charge in [0, 0.05) is 31.7 Å². The maximum absolute atomic E-state index is 12.8. The van der Waals surface area contributed by atoms with Crippen LogP contribution in [-0.2, 0) is 22.9 Å². The molecular weight excluding hydrogens is 336 g/mol. The molecular formula is C19H28N2O3S. The van der Waals surface area contributed by atoms with Gasteiger partial charge in [0.15, 0.2) is 0 Å². The Morgan fingerprint density at radius 2 is 1.84 bits per heavy atom. The highest BCUT2D eigenvalue weighted by Crippen LogP contribution is 2.23. The number of sulfonamides is 1. The molecule has 1 saturated heterocycles. The molecule has 0 bridgehead atoms. The fraction of sp³-hybridized carbons (Fsp3) is 0.632. The van der Waals surface area contributed by atoms with Crippen molar-refractivity contribution in [1.82, 2.24) is 9.21 Å². The first-order valence-electron chi connectivity index (χ1n) is 9.40. The fourth-order valence-corrected chi connectivity index (χ4v) is 5.40. The molecule has 1 aliphatic heterocycles. The van der Waals surface area contributed by atoms with E-state index in [4.69, 9.17) is 0 Å². The number of hydrogen-bond acceptors (Lipinski definition) is 3. The van der Waals surface area contributed by atoms with E-state index in [1.165, 1.54) is 17.5 Å². The van der Waals surface area contributed by atoms with Crippen molar-refractivity contribution in [3.63, 3.8) is 0 Å². The van der Waals surface area contributed by atoms with Gasteiger partial charge in [-0.3, -0.25) is 4.79 Å². The predicted molar refractivity (Wildman–Crippen MR) is 99.3 cm³/mol. The van der Waals surface area contributed by atoms with Crippen molar-refractivity contribution in [3.05, 3.63) is 34.9 Å². The monoisotopic (exact) mass is 364 g/mol. The van der Waals surface area contributed by atoms with Crippen molar-refractivity contribution >= 4 is 15.9 Å². The lowest BCUT2D eigenvalue weighted by Gasteiger charge is -2.22. The third-order valence-electron chi connectivity index (χ3n) is 5.24. The van der Waals surface area contributed by atoms with Crippen LogP contribution in [0.3, 0.4) is 0 Å². The van der Waals surface area contributed by atoms with Crippen LogP contribution in [0.5, 0.6) is 0 Å². The molecule has 138 valence electrons. The third kappa shape index (κ3) is 4.23. The standard InChI is InChI=1S/C19H28N2O3S/c1-2-3-14-25(23,24)21-11-5-10-20(12-13-21)19(22)18-9-8-16-6-4-7-17(16)15-18/h8-9,15H,2-7,10-14H2,1H3. The number of unbranched alkanes of at least 4 members (excludes halogenated alkanes) is 1. The van der Waals surface area contributed by atoms with E-state index in [2.05, 4.69) is 6.07 Å². The molecule has 0 saturated carbocycles. The molecule has 0 aromatic heterocycles. The van der Waals surface area contributed by atoms with Crippen LogP contribution in [0.15, 0.2) is 18.2 Å². The first-order chi connectivity index (χ1) is 12.0. The van der Waals surface area contributed by atoms with Gasteiger partial charge in [-0.15, -0.1) is 0 Å². The third-order valence-corrected chi connectivity index (χ3v) is 7.19. The predicted octanol–water partition coefficient (Wildman–Crippen LogP) is 2.45. The number of rotatable bonds is 5. The second-order valence-corrected chi connectivity index (χ2v) is 9.14. The van der Waals surface area contributed by atoms with Crippen LogP contribution >= 0.6 is 0 Å². The average molecular weight is 365 g/mol. The number of aryl methyl sites for hydroxylation is 2. The minimum atomic E-state index is -3.20. The Balaban J connectivity index is 1.65. The summed E-state index contributed by atoms with van der Waals surface area (Å²) in [6, 6.07) is 6.04. The van der Waals surface area contributed by atoms with Crippen LogP contribution in [0.1, 0.15) is 54.1 Å². The van der Waals surface area contributed by atoms with E-state index in [1.54, 1.807) is 4.31 Å². The Bertz CT molecular complexity index is 730. The smallest absolute Gasteiger partial charge is 0.253 e. The molecule has 0 spiro atoms. The molecule has 6 heteroatoms. The van der Waals surface area contributed by atoms with Crippen LogP contribution in [0.4, 0.5) is 0 Å². The van der Waals surface area contributed by atoms with Crippen LogP contribution in [-0.4, -0.2) is 55.5 Å². The van der Waals surface area contributed by atoms with Gasteiger partial charge in [0.25, 0.3) is 5.91 Å². The van der Waals surface area contributed by atoms with E-state index in [1.807, 2.05) is 24.0 Å². The number of amides is 1. The fourth-order valence-electron chi connectivity index (χ4n) is 3.72. The topological polar surface area (TPSA) is 57.7 Å². The normalized spacial score (nSPS) is 18.8. The first-order valence-corrected chi connectivity index (χ1v) is 11.0. The maximum Gasteiger partial charge on any atom is 0.253 e. The molecule has 1 heterocycles. The van der Waals surface area contributed by atoms with Gasteiger partial charge < -0.3 is 4.90 Å². The molecule has 1 aromatic rings. The Morgan fingerprint density at radius 1 is 1.04 bits per heavy atom. The maximum atomic E-state index is 12.8. The molecule has 3 rings (SSSR count). The SMILES string of the molecule is CCCCS(=O)(=O)N1CCCN(C(=O)c2ccc3c(c2)CCC3)CC1. The number of fused-ring (bicyclic) bond motifs is 1. The number of hydrogen-bond donors (Lipinski definition) is 0. The summed E-state index contributed by atoms with van der Waals surface area (Å²) in [6.07, 6.45) is 5.59. The minimum Gasteiger partial charge on any atom is -0.337 e. The number of benzene rings is 1. The van der Waals surface area contributed by atoms with Gasteiger partial charge in [0.2, 0.25) is 10.0 Å². The average Bonchev–Trinajstić information content (AvgIpc) is 2.93. The molecule has 2 aliphatic rings. The highest BCUT2D eigenvalue weighted by Gasteiger charge is 2.27. The lowest BCUT2D eigenvalue weighted by Crippen LogP contribution is -2.38. The molecule has 1 aliphatic carbocycles. The van der Waals surface area contributed by atoms with Crippen molar-refractivity contribution in [1.29, 1.82) is 0 Å². The van der Waals surface area contributed by atoms with Crippen LogP contribution in [0.25, 0.3) is 0 Å². The summed E-state index contributed by atoms with van der Waals surface area (Å²) >= 11 is 0. The molecule has 25 heavy (non-hydrogen) atoms. The van der Waals surface area contributed by atoms with Gasteiger partial charge in [-0.2, -0.15) is 0 Å². The number of carbonyl (C=O) groups is 1. The van der Waals surface area contributed by atoms with Crippen LogP contribution in [0, 0.1) is 0 Å². The highest BCUT2D eigenvalue weighted by atomic mass is 32.2. The van der Waals surface area contributed by atoms with E-state index in [9.17, 15) is 13.2 Å². The van der Waals surface area contributed by atoms with Crippen LogP contribution < -0.4 is 0 Å². The van der Waals surface area contributed by atoms with Crippen molar-refractivity contribution in [2.75, 3.05) is 31.9 Å². The molecule has 1 amide bonds. The Kier molecular flexibility index (Phi) is 5.79. The van der Waals surface area contributed by atoms with Gasteiger partial charge in [-0.25, -0.2) is 12.7 Å². The zero-order valence-corrected chi connectivity index (χ0v) is 15.9. The molecule has 0 unspecified atom stereocenters. The molecule has 5 nitrogen and oxygen atoms in total. The second-order valence-electron chi connectivity index (χ2n) is 7.05. The summed E-state index contributed by atoms with van der Waals surface area (Å²) < 4.78 is 26.4. The second kappa shape index (κ2) is 7.87. The zero-order valence-electron chi connectivity index (χ0n) is 15.0. The molecule has 0 N–H and O–H groups in total. The molecule has 0 atom stereocenters.